The molecule has 0 saturated heterocycles. The Labute approximate surface area is 193 Å². The summed E-state index contributed by atoms with van der Waals surface area (Å²) in [6, 6.07) is 17.6. The van der Waals surface area contributed by atoms with Gasteiger partial charge in [0.2, 0.25) is 0 Å². The number of pyridine rings is 1. The van der Waals surface area contributed by atoms with Gasteiger partial charge in [0.25, 0.3) is 5.91 Å². The molecule has 1 aliphatic heterocycles. The van der Waals surface area contributed by atoms with Crippen LogP contribution in [-0.2, 0) is 6.54 Å². The second-order valence-corrected chi connectivity index (χ2v) is 7.91. The van der Waals surface area contributed by atoms with E-state index in [1.807, 2.05) is 66.4 Å². The summed E-state index contributed by atoms with van der Waals surface area (Å²) in [4.78, 5) is 21.3. The number of carbonyl (C=O) groups is 1. The van der Waals surface area contributed by atoms with E-state index in [2.05, 4.69) is 10.3 Å². The molecule has 0 bridgehead atoms. The van der Waals surface area contributed by atoms with Crippen molar-refractivity contribution in [2.45, 2.75) is 6.54 Å². The third-order valence-electron chi connectivity index (χ3n) is 5.50. The highest BCUT2D eigenvalue weighted by atomic mass is 19.1. The molecule has 4 rings (SSSR count). The molecule has 1 N–H and O–H groups in total. The summed E-state index contributed by atoms with van der Waals surface area (Å²) in [5, 5.41) is 3.05. The number of aromatic nitrogens is 1. The van der Waals surface area contributed by atoms with Crippen LogP contribution in [0, 0.1) is 5.82 Å². The van der Waals surface area contributed by atoms with Gasteiger partial charge in [0.1, 0.15) is 23.1 Å². The van der Waals surface area contributed by atoms with E-state index >= 15 is 0 Å². The minimum Gasteiger partial charge on any atom is -0.457 e. The third kappa shape index (κ3) is 5.38. The molecule has 1 amide bonds. The Morgan fingerprint density at radius 3 is 2.73 bits per heavy atom. The molecule has 0 spiro atoms. The predicted octanol–water partition coefficient (Wildman–Crippen LogP) is 3.95. The number of amides is 1. The van der Waals surface area contributed by atoms with Crippen LogP contribution >= 0.6 is 0 Å². The van der Waals surface area contributed by atoms with E-state index in [1.165, 1.54) is 12.1 Å². The Balaban J connectivity index is 1.48. The van der Waals surface area contributed by atoms with Crippen LogP contribution in [0.25, 0.3) is 5.76 Å². The minimum absolute atomic E-state index is 0.0221. The number of halogens is 1. The quantitative estimate of drug-likeness (QED) is 0.557. The molecule has 1 aliphatic rings. The summed E-state index contributed by atoms with van der Waals surface area (Å²) in [6.45, 7) is 2.41. The molecule has 170 valence electrons. The van der Waals surface area contributed by atoms with Crippen LogP contribution in [0.5, 0.6) is 5.75 Å². The lowest BCUT2D eigenvalue weighted by molar-refractivity contribution is 0.0754. The minimum atomic E-state index is -0.314. The summed E-state index contributed by atoms with van der Waals surface area (Å²) in [5.74, 6) is 1.60. The van der Waals surface area contributed by atoms with Crippen molar-refractivity contribution in [3.63, 3.8) is 0 Å². The molecule has 2 heterocycles. The molecule has 0 atom stereocenters. The topological polar surface area (TPSA) is 57.7 Å². The van der Waals surface area contributed by atoms with Crippen molar-refractivity contribution in [3.8, 4) is 5.75 Å². The monoisotopic (exact) mass is 446 g/mol. The lowest BCUT2D eigenvalue weighted by atomic mass is 10.1. The van der Waals surface area contributed by atoms with Crippen LogP contribution in [0.4, 0.5) is 10.2 Å². The number of anilines is 1. The molecular weight excluding hydrogens is 419 g/mol. The molecule has 6 nitrogen and oxygen atoms in total. The Hall–Kier alpha value is -3.71. The van der Waals surface area contributed by atoms with E-state index in [0.717, 1.165) is 5.56 Å². The first-order chi connectivity index (χ1) is 16.0. The van der Waals surface area contributed by atoms with E-state index in [0.29, 0.717) is 54.6 Å². The molecule has 0 unspecified atom stereocenters. The number of carbonyl (C=O) groups excluding carboxylic acids is 1. The average Bonchev–Trinajstić information content (AvgIpc) is 2.95. The molecule has 7 heteroatoms. The molecule has 0 radical (unpaired) electrons. The van der Waals surface area contributed by atoms with Gasteiger partial charge >= 0.3 is 0 Å². The Morgan fingerprint density at radius 1 is 1.15 bits per heavy atom. The van der Waals surface area contributed by atoms with Crippen molar-refractivity contribution in [2.24, 2.45) is 0 Å². The summed E-state index contributed by atoms with van der Waals surface area (Å²) >= 11 is 0. The number of nitrogens with one attached hydrogen (secondary N) is 1. The van der Waals surface area contributed by atoms with Gasteiger partial charge in [-0.2, -0.15) is 0 Å². The van der Waals surface area contributed by atoms with E-state index in [-0.39, 0.29) is 11.7 Å². The van der Waals surface area contributed by atoms with Gasteiger partial charge in [-0.3, -0.25) is 4.79 Å². The number of rotatable bonds is 7. The van der Waals surface area contributed by atoms with Crippen molar-refractivity contribution in [2.75, 3.05) is 38.6 Å². The van der Waals surface area contributed by atoms with E-state index in [9.17, 15) is 9.18 Å². The van der Waals surface area contributed by atoms with Crippen molar-refractivity contribution >= 4 is 17.5 Å². The largest absolute Gasteiger partial charge is 0.457 e. The second-order valence-electron chi connectivity index (χ2n) is 7.91. The standard InChI is InChI=1S/C26H27FN4O2/c1-28-14-12-24(20-5-3-6-21(27)17-20)33-22-10-8-19(9-11-22)18-31-16-15-30(2)25-23(26(31)32)7-4-13-29-25/h3-13,17,28H,14-16,18H2,1-2H3/b24-12-. The van der Waals surface area contributed by atoms with Gasteiger partial charge in [-0.25, -0.2) is 9.37 Å². The van der Waals surface area contributed by atoms with Gasteiger partial charge in [0, 0.05) is 45.0 Å². The van der Waals surface area contributed by atoms with Crippen LogP contribution in [-0.4, -0.2) is 49.5 Å². The van der Waals surface area contributed by atoms with E-state index < -0.39 is 0 Å². The van der Waals surface area contributed by atoms with Gasteiger partial charge in [-0.05, 0) is 55.1 Å². The Bertz CT molecular complexity index is 1150. The molecular formula is C26H27FN4O2. The second kappa shape index (κ2) is 10.3. The number of ether oxygens (including phenoxy) is 1. The van der Waals surface area contributed by atoms with Gasteiger partial charge < -0.3 is 19.9 Å². The SMILES string of the molecule is CNC/C=C(\Oc1ccc(CN2CCN(C)c3ncccc3C2=O)cc1)c1cccc(F)c1. The Kier molecular flexibility index (Phi) is 7.00. The first kappa shape index (κ1) is 22.5. The number of benzene rings is 2. The summed E-state index contributed by atoms with van der Waals surface area (Å²) in [5.41, 5.74) is 2.28. The van der Waals surface area contributed by atoms with Gasteiger partial charge in [-0.15, -0.1) is 0 Å². The highest BCUT2D eigenvalue weighted by Gasteiger charge is 2.25. The number of hydrogen-bond acceptors (Lipinski definition) is 5. The number of nitrogens with zero attached hydrogens (tertiary/aromatic N) is 3. The zero-order valence-corrected chi connectivity index (χ0v) is 18.8. The molecule has 0 fully saturated rings. The smallest absolute Gasteiger partial charge is 0.257 e. The van der Waals surface area contributed by atoms with Crippen molar-refractivity contribution in [3.05, 3.63) is 95.4 Å². The van der Waals surface area contributed by atoms with Crippen LogP contribution < -0.4 is 15.0 Å². The van der Waals surface area contributed by atoms with E-state index in [1.54, 1.807) is 18.3 Å². The van der Waals surface area contributed by atoms with Crippen LogP contribution in [0.3, 0.4) is 0 Å². The maximum Gasteiger partial charge on any atom is 0.257 e. The van der Waals surface area contributed by atoms with Crippen LogP contribution in [0.15, 0.2) is 72.9 Å². The molecule has 1 aromatic heterocycles. The maximum atomic E-state index is 13.7. The summed E-state index contributed by atoms with van der Waals surface area (Å²) in [6.07, 6.45) is 3.58. The summed E-state index contributed by atoms with van der Waals surface area (Å²) in [7, 11) is 3.79. The fourth-order valence-corrected chi connectivity index (χ4v) is 3.73. The lowest BCUT2D eigenvalue weighted by Gasteiger charge is -2.21. The van der Waals surface area contributed by atoms with E-state index in [4.69, 9.17) is 4.74 Å². The molecule has 2 aromatic carbocycles. The number of likely N-dealkylation sites (N-methyl/N-ethyl adjacent to an activating group) is 2. The van der Waals surface area contributed by atoms with Crippen LogP contribution in [0.1, 0.15) is 21.5 Å². The van der Waals surface area contributed by atoms with Crippen LogP contribution in [0.2, 0.25) is 0 Å². The first-order valence-corrected chi connectivity index (χ1v) is 10.9. The van der Waals surface area contributed by atoms with Crippen molar-refractivity contribution < 1.29 is 13.9 Å². The highest BCUT2D eigenvalue weighted by molar-refractivity contribution is 5.99. The first-order valence-electron chi connectivity index (χ1n) is 10.9. The average molecular weight is 447 g/mol. The lowest BCUT2D eigenvalue weighted by Crippen LogP contribution is -2.33. The fourth-order valence-electron chi connectivity index (χ4n) is 3.73. The van der Waals surface area contributed by atoms with Crippen molar-refractivity contribution in [1.82, 2.24) is 15.2 Å². The maximum absolute atomic E-state index is 13.7. The third-order valence-corrected chi connectivity index (χ3v) is 5.50. The Morgan fingerprint density at radius 2 is 1.97 bits per heavy atom. The molecule has 33 heavy (non-hydrogen) atoms. The normalized spacial score (nSPS) is 14.2. The van der Waals surface area contributed by atoms with Gasteiger partial charge in [-0.1, -0.05) is 24.3 Å². The number of fused-ring (bicyclic) bond motifs is 1. The zero-order valence-electron chi connectivity index (χ0n) is 18.8. The predicted molar refractivity (Wildman–Crippen MR) is 128 cm³/mol. The van der Waals surface area contributed by atoms with Crippen molar-refractivity contribution in [1.29, 1.82) is 0 Å². The molecule has 3 aromatic rings. The number of hydrogen-bond donors (Lipinski definition) is 1. The zero-order chi connectivity index (χ0) is 23.2. The molecule has 0 saturated carbocycles. The molecule has 0 aliphatic carbocycles. The fraction of sp³-hybridized carbons (Fsp3) is 0.231. The van der Waals surface area contributed by atoms with Gasteiger partial charge in [0.15, 0.2) is 0 Å². The summed E-state index contributed by atoms with van der Waals surface area (Å²) < 4.78 is 19.8. The highest BCUT2D eigenvalue weighted by Crippen LogP contribution is 2.25. The van der Waals surface area contributed by atoms with Gasteiger partial charge in [0.05, 0.1) is 5.56 Å².